The number of aliphatic hydroxyl groups excluding tert-OH is 1. The van der Waals surface area contributed by atoms with E-state index in [0.29, 0.717) is 26.0 Å². The minimum Gasteiger partial charge on any atom is -0.392 e. The number of carbonyl (C=O) groups is 1. The quantitative estimate of drug-likeness (QED) is 0.529. The summed E-state index contributed by atoms with van der Waals surface area (Å²) in [7, 11) is 4.87. The van der Waals surface area contributed by atoms with Crippen LogP contribution in [0.25, 0.3) is 0 Å². The Morgan fingerprint density at radius 1 is 1.19 bits per heavy atom. The topological polar surface area (TPSA) is 109 Å². The molecule has 0 aromatic heterocycles. The maximum atomic E-state index is 13.7. The predicted molar refractivity (Wildman–Crippen MR) is 113 cm³/mol. The summed E-state index contributed by atoms with van der Waals surface area (Å²) in [5.41, 5.74) is -4.40. The van der Waals surface area contributed by atoms with E-state index in [9.17, 15) is 20.1 Å². The third-order valence-corrected chi connectivity index (χ3v) is 11.0. The molecule has 7 bridgehead atoms. The zero-order chi connectivity index (χ0) is 22.8. The van der Waals surface area contributed by atoms with Crippen molar-refractivity contribution in [1.29, 1.82) is 0 Å². The van der Waals surface area contributed by atoms with Crippen molar-refractivity contribution in [1.82, 2.24) is 4.90 Å². The minimum atomic E-state index is -1.69. The molecule has 0 aromatic carbocycles. The number of likely N-dealkylation sites (tertiary alicyclic amines) is 1. The first kappa shape index (κ1) is 21.9. The summed E-state index contributed by atoms with van der Waals surface area (Å²) in [6, 6.07) is -0.483. The average molecular weight is 452 g/mol. The molecule has 3 N–H and O–H groups in total. The lowest BCUT2D eigenvalue weighted by Crippen LogP contribution is -2.81. The van der Waals surface area contributed by atoms with Crippen LogP contribution < -0.4 is 0 Å². The molecule has 1 spiro atoms. The molecule has 180 valence electrons. The maximum Gasteiger partial charge on any atom is 0.144 e. The van der Waals surface area contributed by atoms with Crippen molar-refractivity contribution >= 4 is 5.78 Å². The number of fused-ring (bicyclic) bond motifs is 2. The second-order valence-electron chi connectivity index (χ2n) is 11.5. The maximum absolute atomic E-state index is 13.7. The molecule has 32 heavy (non-hydrogen) atoms. The largest absolute Gasteiger partial charge is 0.392 e. The summed E-state index contributed by atoms with van der Waals surface area (Å²) >= 11 is 0. The highest BCUT2D eigenvalue weighted by molar-refractivity contribution is 5.90. The van der Waals surface area contributed by atoms with E-state index in [-0.39, 0.29) is 35.4 Å². The molecule has 1 aliphatic heterocycles. The Kier molecular flexibility index (Phi) is 4.47. The fourth-order valence-corrected chi connectivity index (χ4v) is 10.4. The molecule has 8 heteroatoms. The molecule has 5 unspecified atom stereocenters. The molecule has 0 aromatic rings. The fraction of sp³-hybridized carbons (Fsp3) is 0.958. The third kappa shape index (κ3) is 1.94. The number of hydrogen-bond acceptors (Lipinski definition) is 8. The van der Waals surface area contributed by atoms with Gasteiger partial charge in [0.1, 0.15) is 17.0 Å². The number of carbonyl (C=O) groups excluding carboxylic acids is 1. The molecule has 5 saturated carbocycles. The first-order valence-corrected chi connectivity index (χ1v) is 12.2. The van der Waals surface area contributed by atoms with Crippen LogP contribution in [-0.4, -0.2) is 103 Å². The highest BCUT2D eigenvalue weighted by Gasteiger charge is 2.91. The summed E-state index contributed by atoms with van der Waals surface area (Å²) in [4.78, 5) is 15.9. The number of hydrogen-bond donors (Lipinski definition) is 3. The smallest absolute Gasteiger partial charge is 0.144 e. The first-order chi connectivity index (χ1) is 15.2. The number of rotatable bonds is 5. The fourth-order valence-electron chi connectivity index (χ4n) is 10.4. The summed E-state index contributed by atoms with van der Waals surface area (Å²) < 4.78 is 17.6. The Morgan fingerprint density at radius 2 is 1.94 bits per heavy atom. The Bertz CT molecular complexity index is 839. The molecule has 1 heterocycles. The van der Waals surface area contributed by atoms with Crippen LogP contribution in [0.5, 0.6) is 0 Å². The predicted octanol–water partition coefficient (Wildman–Crippen LogP) is -0.175. The van der Waals surface area contributed by atoms with Crippen molar-refractivity contribution in [2.45, 2.75) is 68.2 Å². The second-order valence-corrected chi connectivity index (χ2v) is 11.5. The lowest BCUT2D eigenvalue weighted by Gasteiger charge is -2.69. The van der Waals surface area contributed by atoms with E-state index in [1.54, 1.807) is 21.3 Å². The number of methoxy groups -OCH3 is 3. The summed E-state index contributed by atoms with van der Waals surface area (Å²) in [6.07, 6.45) is 0.350. The van der Waals surface area contributed by atoms with E-state index in [1.807, 2.05) is 0 Å². The molecule has 6 rings (SSSR count). The van der Waals surface area contributed by atoms with Crippen molar-refractivity contribution in [3.8, 4) is 0 Å². The van der Waals surface area contributed by atoms with Crippen LogP contribution >= 0.6 is 0 Å². The molecule has 6 fully saturated rings. The van der Waals surface area contributed by atoms with Gasteiger partial charge < -0.3 is 29.5 Å². The van der Waals surface area contributed by atoms with Gasteiger partial charge in [0, 0.05) is 57.0 Å². The Balaban J connectivity index is 1.68. The molecule has 1 saturated heterocycles. The molecule has 8 nitrogen and oxygen atoms in total. The van der Waals surface area contributed by atoms with Crippen LogP contribution in [0.15, 0.2) is 0 Å². The van der Waals surface area contributed by atoms with E-state index in [2.05, 4.69) is 11.8 Å². The number of likely N-dealkylation sites (N-methyl/N-ethyl adjacent to an activating group) is 1. The van der Waals surface area contributed by atoms with Crippen molar-refractivity contribution in [2.24, 2.45) is 34.5 Å². The Labute approximate surface area is 189 Å². The normalized spacial score (nSPS) is 60.2. The van der Waals surface area contributed by atoms with E-state index >= 15 is 0 Å². The van der Waals surface area contributed by atoms with Gasteiger partial charge in [-0.15, -0.1) is 0 Å². The second kappa shape index (κ2) is 6.53. The zero-order valence-electron chi connectivity index (χ0n) is 19.5. The van der Waals surface area contributed by atoms with Crippen LogP contribution in [0.1, 0.15) is 32.6 Å². The van der Waals surface area contributed by atoms with Crippen LogP contribution in [0, 0.1) is 34.5 Å². The molecule has 12 atom stereocenters. The lowest BCUT2D eigenvalue weighted by molar-refractivity contribution is -0.299. The lowest BCUT2D eigenvalue weighted by atomic mass is 9.43. The number of Topliss-reactive ketones (excluding diaryl/α,β-unsaturated/α-hetero) is 1. The zero-order valence-corrected chi connectivity index (χ0v) is 19.5. The van der Waals surface area contributed by atoms with Crippen LogP contribution in [0.4, 0.5) is 0 Å². The van der Waals surface area contributed by atoms with E-state index in [0.717, 1.165) is 13.0 Å². The summed E-state index contributed by atoms with van der Waals surface area (Å²) in [5.74, 6) is -1.43. The number of ketones is 1. The molecule has 0 radical (unpaired) electrons. The van der Waals surface area contributed by atoms with Crippen LogP contribution in [0.3, 0.4) is 0 Å². The Morgan fingerprint density at radius 3 is 2.56 bits per heavy atom. The molecule has 0 amide bonds. The van der Waals surface area contributed by atoms with Gasteiger partial charge in [0.25, 0.3) is 0 Å². The molecule has 6 aliphatic rings. The number of aliphatic hydroxyl groups is 3. The van der Waals surface area contributed by atoms with E-state index in [4.69, 9.17) is 14.2 Å². The van der Waals surface area contributed by atoms with Gasteiger partial charge in [-0.25, -0.2) is 0 Å². The van der Waals surface area contributed by atoms with Crippen LogP contribution in [0.2, 0.25) is 0 Å². The van der Waals surface area contributed by atoms with Gasteiger partial charge in [-0.3, -0.25) is 9.69 Å². The highest BCUT2D eigenvalue weighted by Crippen LogP contribution is 2.79. The molecular formula is C24H37NO7. The third-order valence-electron chi connectivity index (χ3n) is 11.0. The summed E-state index contributed by atoms with van der Waals surface area (Å²) in [5, 5.41) is 37.0. The van der Waals surface area contributed by atoms with Gasteiger partial charge in [0.15, 0.2) is 0 Å². The average Bonchev–Trinajstić information content (AvgIpc) is 3.14. The monoisotopic (exact) mass is 451 g/mol. The van der Waals surface area contributed by atoms with Crippen LogP contribution in [-0.2, 0) is 19.0 Å². The first-order valence-electron chi connectivity index (χ1n) is 12.2. The number of ether oxygens (including phenoxy) is 3. The minimum absolute atomic E-state index is 0.0129. The van der Waals surface area contributed by atoms with E-state index < -0.39 is 46.9 Å². The van der Waals surface area contributed by atoms with Crippen molar-refractivity contribution in [3.63, 3.8) is 0 Å². The van der Waals surface area contributed by atoms with Gasteiger partial charge in [-0.2, -0.15) is 0 Å². The SMILES string of the molecule is CCN1C[C@]2(COC)CCC(O)[C@]34C1C(O)(C(OC)[C@H]23)[C@@]1(O)CC(OC)[C@H]2C[C@@H]4[C@@H]1C2=O. The van der Waals surface area contributed by atoms with Crippen molar-refractivity contribution in [3.05, 3.63) is 0 Å². The van der Waals surface area contributed by atoms with E-state index in [1.165, 1.54) is 0 Å². The summed E-state index contributed by atoms with van der Waals surface area (Å²) in [6.45, 7) is 3.96. The highest BCUT2D eigenvalue weighted by atomic mass is 16.5. The van der Waals surface area contributed by atoms with Gasteiger partial charge in [0.2, 0.25) is 0 Å². The molecule has 5 aliphatic carbocycles. The van der Waals surface area contributed by atoms with Crippen molar-refractivity contribution in [2.75, 3.05) is 41.0 Å². The van der Waals surface area contributed by atoms with Gasteiger partial charge in [-0.1, -0.05) is 6.92 Å². The van der Waals surface area contributed by atoms with Gasteiger partial charge in [0.05, 0.1) is 36.9 Å². The van der Waals surface area contributed by atoms with Crippen molar-refractivity contribution < 1.29 is 34.3 Å². The number of piperidine rings is 1. The standard InChI is InChI=1S/C24H37NO7/c1-5-25-10-21(11-30-2)7-6-15(26)23-13-8-12-14(31-3)9-22(28,16(13)17(12)27)24(29,20(23)25)19(32-4)18(21)23/h12-16,18-20,26,28-29H,5-11H2,1-4H3/t12-,13-,14?,15?,16-,18-,19?,20?,21+,22-,23+,24?/m1/s1. The number of nitrogens with zero attached hydrogens (tertiary/aromatic N) is 1. The Hall–Kier alpha value is -0.610. The molecular weight excluding hydrogens is 414 g/mol. The van der Waals surface area contributed by atoms with Gasteiger partial charge in [-0.05, 0) is 31.7 Å². The van der Waals surface area contributed by atoms with Gasteiger partial charge >= 0.3 is 0 Å².